The fraction of sp³-hybridized carbons (Fsp3) is 0.556. The van der Waals surface area contributed by atoms with Crippen molar-refractivity contribution in [2.45, 2.75) is 44.9 Å². The number of carboxylic acid groups (broad SMARTS) is 1. The minimum atomic E-state index is -1.08. The molecule has 0 radical (unpaired) electrons. The van der Waals surface area contributed by atoms with Crippen molar-refractivity contribution in [3.63, 3.8) is 0 Å². The Hall–Kier alpha value is -2.12. The summed E-state index contributed by atoms with van der Waals surface area (Å²) in [5.41, 5.74) is -0.0380. The molecule has 1 aromatic carbocycles. The third-order valence-corrected chi connectivity index (χ3v) is 3.95. The first kappa shape index (κ1) is 19.2. The molecule has 1 saturated heterocycles. The van der Waals surface area contributed by atoms with Crippen LogP contribution in [0.3, 0.4) is 0 Å². The second-order valence-corrected chi connectivity index (χ2v) is 6.62. The molecule has 0 unspecified atom stereocenters. The predicted octanol–water partition coefficient (Wildman–Crippen LogP) is 1.53. The summed E-state index contributed by atoms with van der Waals surface area (Å²) >= 11 is 0. The number of hydrogen-bond acceptors (Lipinski definition) is 5. The lowest BCUT2D eigenvalue weighted by Crippen LogP contribution is -2.56. The number of carboxylic acids is 1. The Morgan fingerprint density at radius 3 is 2.84 bits per heavy atom. The average Bonchev–Trinajstić information content (AvgIpc) is 2.53. The Balaban J connectivity index is 1.98. The van der Waals surface area contributed by atoms with Gasteiger partial charge >= 0.3 is 5.97 Å². The molecule has 0 aromatic heterocycles. The normalized spacial score (nSPS) is 20.8. The number of benzene rings is 1. The molecule has 2 N–H and O–H groups in total. The number of nitrogens with one attached hydrogen (secondary N) is 1. The van der Waals surface area contributed by atoms with Gasteiger partial charge in [0.2, 0.25) is 0 Å². The standard InChI is InChI=1S/C18H25NO6/c1-12-5-4-6-13(9-12)25-18(2,3)17(22)19-14-7-8-23-10-15(14)24-11-16(20)21/h4-6,9,14-15H,7-8,10-11H2,1-3H3,(H,19,22)(H,20,21)/t14-,15-/m1/s1. The van der Waals surface area contributed by atoms with E-state index in [0.717, 1.165) is 5.56 Å². The van der Waals surface area contributed by atoms with E-state index in [1.807, 2.05) is 25.1 Å². The van der Waals surface area contributed by atoms with Crippen molar-refractivity contribution in [1.82, 2.24) is 5.32 Å². The van der Waals surface area contributed by atoms with Crippen LogP contribution in [-0.2, 0) is 19.1 Å². The highest BCUT2D eigenvalue weighted by molar-refractivity contribution is 5.85. The van der Waals surface area contributed by atoms with E-state index in [0.29, 0.717) is 18.8 Å². The highest BCUT2D eigenvalue weighted by atomic mass is 16.5. The molecule has 2 atom stereocenters. The number of carbonyl (C=O) groups is 2. The van der Waals surface area contributed by atoms with E-state index in [2.05, 4.69) is 5.32 Å². The lowest BCUT2D eigenvalue weighted by molar-refractivity contribution is -0.150. The molecule has 7 nitrogen and oxygen atoms in total. The number of amides is 1. The minimum absolute atomic E-state index is 0.247. The zero-order valence-electron chi connectivity index (χ0n) is 14.8. The van der Waals surface area contributed by atoms with Gasteiger partial charge in [-0.1, -0.05) is 12.1 Å². The Morgan fingerprint density at radius 2 is 2.16 bits per heavy atom. The zero-order chi connectivity index (χ0) is 18.4. The van der Waals surface area contributed by atoms with E-state index in [-0.39, 0.29) is 18.6 Å². The molecule has 2 rings (SSSR count). The molecular weight excluding hydrogens is 326 g/mol. The third-order valence-electron chi connectivity index (χ3n) is 3.95. The minimum Gasteiger partial charge on any atom is -0.480 e. The molecule has 138 valence electrons. The monoisotopic (exact) mass is 351 g/mol. The maximum absolute atomic E-state index is 12.7. The van der Waals surface area contributed by atoms with Gasteiger partial charge in [-0.25, -0.2) is 4.79 Å². The summed E-state index contributed by atoms with van der Waals surface area (Å²) in [5, 5.41) is 11.7. The van der Waals surface area contributed by atoms with Crippen LogP contribution in [0.25, 0.3) is 0 Å². The van der Waals surface area contributed by atoms with Crippen LogP contribution in [0.15, 0.2) is 24.3 Å². The highest BCUT2D eigenvalue weighted by Crippen LogP contribution is 2.21. The second kappa shape index (κ2) is 8.31. The van der Waals surface area contributed by atoms with Gasteiger partial charge in [-0.15, -0.1) is 0 Å². The van der Waals surface area contributed by atoms with Gasteiger partial charge in [0.25, 0.3) is 5.91 Å². The smallest absolute Gasteiger partial charge is 0.329 e. The van der Waals surface area contributed by atoms with E-state index in [9.17, 15) is 9.59 Å². The van der Waals surface area contributed by atoms with Gasteiger partial charge in [-0.2, -0.15) is 0 Å². The molecule has 0 saturated carbocycles. The van der Waals surface area contributed by atoms with Crippen LogP contribution < -0.4 is 10.1 Å². The Bertz CT molecular complexity index is 615. The second-order valence-electron chi connectivity index (χ2n) is 6.62. The summed E-state index contributed by atoms with van der Waals surface area (Å²) in [4.78, 5) is 23.3. The maximum atomic E-state index is 12.7. The summed E-state index contributed by atoms with van der Waals surface area (Å²) < 4.78 is 16.5. The van der Waals surface area contributed by atoms with Crippen molar-refractivity contribution >= 4 is 11.9 Å². The fourth-order valence-electron chi connectivity index (χ4n) is 2.58. The Kier molecular flexibility index (Phi) is 6.39. The van der Waals surface area contributed by atoms with Crippen LogP contribution in [0.5, 0.6) is 5.75 Å². The first-order valence-electron chi connectivity index (χ1n) is 8.26. The van der Waals surface area contributed by atoms with Crippen LogP contribution in [0.1, 0.15) is 25.8 Å². The van der Waals surface area contributed by atoms with Crippen LogP contribution in [0.2, 0.25) is 0 Å². The van der Waals surface area contributed by atoms with Crippen molar-refractivity contribution in [3.05, 3.63) is 29.8 Å². The van der Waals surface area contributed by atoms with Crippen LogP contribution in [-0.4, -0.2) is 54.6 Å². The fourth-order valence-corrected chi connectivity index (χ4v) is 2.58. The van der Waals surface area contributed by atoms with Crippen LogP contribution in [0, 0.1) is 6.92 Å². The molecule has 25 heavy (non-hydrogen) atoms. The molecule has 1 aliphatic heterocycles. The van der Waals surface area contributed by atoms with Gasteiger partial charge in [0.15, 0.2) is 5.60 Å². The maximum Gasteiger partial charge on any atom is 0.329 e. The van der Waals surface area contributed by atoms with Crippen LogP contribution in [0.4, 0.5) is 0 Å². The first-order chi connectivity index (χ1) is 11.8. The number of aryl methyl sites for hydroxylation is 1. The molecule has 1 fully saturated rings. The van der Waals surface area contributed by atoms with E-state index >= 15 is 0 Å². The van der Waals surface area contributed by atoms with Crippen LogP contribution >= 0.6 is 0 Å². The van der Waals surface area contributed by atoms with E-state index in [4.69, 9.17) is 19.3 Å². The van der Waals surface area contributed by atoms with E-state index < -0.39 is 24.3 Å². The summed E-state index contributed by atoms with van der Waals surface area (Å²) in [7, 11) is 0. The van der Waals surface area contributed by atoms with Gasteiger partial charge in [-0.05, 0) is 44.9 Å². The SMILES string of the molecule is Cc1cccc(OC(C)(C)C(=O)N[C@@H]2CCOC[C@H]2OCC(=O)O)c1. The lowest BCUT2D eigenvalue weighted by atomic mass is 10.0. The first-order valence-corrected chi connectivity index (χ1v) is 8.26. The van der Waals surface area contributed by atoms with Gasteiger partial charge < -0.3 is 24.6 Å². The molecule has 1 aromatic rings. The van der Waals surface area contributed by atoms with Crippen molar-refractivity contribution in [2.75, 3.05) is 19.8 Å². The van der Waals surface area contributed by atoms with Gasteiger partial charge in [0, 0.05) is 6.61 Å². The highest BCUT2D eigenvalue weighted by Gasteiger charge is 2.35. The Labute approximate surface area is 147 Å². The van der Waals surface area contributed by atoms with Crippen molar-refractivity contribution in [3.8, 4) is 5.75 Å². The molecule has 1 heterocycles. The van der Waals surface area contributed by atoms with E-state index in [1.165, 1.54) is 0 Å². The van der Waals surface area contributed by atoms with Gasteiger partial charge in [-0.3, -0.25) is 4.79 Å². The molecule has 1 aliphatic rings. The van der Waals surface area contributed by atoms with Crippen molar-refractivity contribution < 1.29 is 28.9 Å². The molecule has 1 amide bonds. The molecule has 0 bridgehead atoms. The van der Waals surface area contributed by atoms with Gasteiger partial charge in [0.05, 0.1) is 12.6 Å². The van der Waals surface area contributed by atoms with Crippen molar-refractivity contribution in [2.24, 2.45) is 0 Å². The summed E-state index contributed by atoms with van der Waals surface area (Å²) in [6.45, 7) is 5.64. The molecule has 0 aliphatic carbocycles. The number of carbonyl (C=O) groups excluding carboxylic acids is 1. The number of aliphatic carboxylic acids is 1. The molecular formula is C18H25NO6. The quantitative estimate of drug-likeness (QED) is 0.774. The topological polar surface area (TPSA) is 94.1 Å². The largest absolute Gasteiger partial charge is 0.480 e. The zero-order valence-corrected chi connectivity index (χ0v) is 14.8. The summed E-state index contributed by atoms with van der Waals surface area (Å²) in [5.74, 6) is -0.727. The average molecular weight is 351 g/mol. The predicted molar refractivity (Wildman–Crippen MR) is 90.6 cm³/mol. The molecule has 0 spiro atoms. The number of ether oxygens (including phenoxy) is 3. The third kappa shape index (κ3) is 5.72. The Morgan fingerprint density at radius 1 is 1.40 bits per heavy atom. The summed E-state index contributed by atoms with van der Waals surface area (Å²) in [6, 6.07) is 7.16. The van der Waals surface area contributed by atoms with E-state index in [1.54, 1.807) is 19.9 Å². The van der Waals surface area contributed by atoms with Gasteiger partial charge in [0.1, 0.15) is 18.5 Å². The number of rotatable bonds is 7. The molecule has 7 heteroatoms. The summed E-state index contributed by atoms with van der Waals surface area (Å²) in [6.07, 6.45) is 0.0554. The lowest BCUT2D eigenvalue weighted by Gasteiger charge is -2.34. The van der Waals surface area contributed by atoms with Crippen molar-refractivity contribution in [1.29, 1.82) is 0 Å². The number of hydrogen-bond donors (Lipinski definition) is 2.